The second-order valence-electron chi connectivity index (χ2n) is 5.17. The van der Waals surface area contributed by atoms with Gasteiger partial charge in [0.2, 0.25) is 0 Å². The van der Waals surface area contributed by atoms with Gasteiger partial charge in [0.25, 0.3) is 0 Å². The van der Waals surface area contributed by atoms with E-state index in [0.29, 0.717) is 11.8 Å². The first-order valence-corrected chi connectivity index (χ1v) is 6.15. The van der Waals surface area contributed by atoms with E-state index in [1.54, 1.807) is 0 Å². The molecule has 2 aromatic rings. The Morgan fingerprint density at radius 1 is 1.06 bits per heavy atom. The predicted octanol–water partition coefficient (Wildman–Crippen LogP) is 4.20. The van der Waals surface area contributed by atoms with Crippen molar-refractivity contribution < 1.29 is 0 Å². The van der Waals surface area contributed by atoms with E-state index in [9.17, 15) is 5.26 Å². The van der Waals surface area contributed by atoms with E-state index >= 15 is 0 Å². The Morgan fingerprint density at radius 3 is 2.29 bits per heavy atom. The van der Waals surface area contributed by atoms with Gasteiger partial charge in [0.1, 0.15) is 0 Å². The first-order chi connectivity index (χ1) is 8.24. The van der Waals surface area contributed by atoms with Gasteiger partial charge in [0.05, 0.1) is 12.0 Å². The molecule has 0 aliphatic heterocycles. The molecule has 0 saturated heterocycles. The molecule has 0 amide bonds. The Labute approximate surface area is 102 Å². The minimum Gasteiger partial charge on any atom is -0.198 e. The summed E-state index contributed by atoms with van der Waals surface area (Å²) >= 11 is 0. The maximum absolute atomic E-state index is 9.46. The molecule has 84 valence electrons. The van der Waals surface area contributed by atoms with Gasteiger partial charge in [-0.25, -0.2) is 0 Å². The van der Waals surface area contributed by atoms with Crippen LogP contribution in [0.25, 0.3) is 10.8 Å². The summed E-state index contributed by atoms with van der Waals surface area (Å²) in [5.74, 6) is 0.870. The summed E-state index contributed by atoms with van der Waals surface area (Å²) in [5.41, 5.74) is 2.58. The molecule has 0 spiro atoms. The average Bonchev–Trinajstić information content (AvgIpc) is 2.66. The second-order valence-corrected chi connectivity index (χ2v) is 5.17. The largest absolute Gasteiger partial charge is 0.198 e. The second kappa shape index (κ2) is 3.60. The topological polar surface area (TPSA) is 23.8 Å². The lowest BCUT2D eigenvalue weighted by atomic mass is 9.82. The highest BCUT2D eigenvalue weighted by molar-refractivity contribution is 5.92. The van der Waals surface area contributed by atoms with E-state index in [2.05, 4.69) is 56.3 Å². The summed E-state index contributed by atoms with van der Waals surface area (Å²) in [4.78, 5) is 0. The van der Waals surface area contributed by atoms with Crippen LogP contribution in [0.5, 0.6) is 0 Å². The van der Waals surface area contributed by atoms with E-state index in [4.69, 9.17) is 0 Å². The normalized spacial score (nSPS) is 22.0. The first kappa shape index (κ1) is 10.4. The van der Waals surface area contributed by atoms with Crippen LogP contribution >= 0.6 is 0 Å². The van der Waals surface area contributed by atoms with Gasteiger partial charge < -0.3 is 0 Å². The van der Waals surface area contributed by atoms with Crippen LogP contribution in [-0.4, -0.2) is 0 Å². The van der Waals surface area contributed by atoms with Crippen molar-refractivity contribution in [2.24, 2.45) is 5.92 Å². The SMILES string of the molecule is CC(C)C1c2cccc3cccc(c23)[C@H]1C#N. The van der Waals surface area contributed by atoms with E-state index in [0.717, 1.165) is 0 Å². The molecule has 1 nitrogen and oxygen atoms in total. The third-order valence-electron chi connectivity index (χ3n) is 3.88. The molecule has 0 radical (unpaired) electrons. The Bertz CT molecular complexity index is 614. The van der Waals surface area contributed by atoms with Gasteiger partial charge in [-0.15, -0.1) is 0 Å². The smallest absolute Gasteiger partial charge is 0.0789 e. The molecule has 1 aliphatic carbocycles. The summed E-state index contributed by atoms with van der Waals surface area (Å²) in [7, 11) is 0. The summed E-state index contributed by atoms with van der Waals surface area (Å²) in [6.45, 7) is 4.42. The lowest BCUT2D eigenvalue weighted by Crippen LogP contribution is -2.10. The zero-order valence-electron chi connectivity index (χ0n) is 10.1. The first-order valence-electron chi connectivity index (χ1n) is 6.15. The van der Waals surface area contributed by atoms with Crippen molar-refractivity contribution in [3.63, 3.8) is 0 Å². The summed E-state index contributed by atoms with van der Waals surface area (Å²) in [5, 5.41) is 12.0. The maximum atomic E-state index is 9.46. The molecule has 3 rings (SSSR count). The van der Waals surface area contributed by atoms with Gasteiger partial charge in [0, 0.05) is 5.92 Å². The Morgan fingerprint density at radius 2 is 1.71 bits per heavy atom. The van der Waals surface area contributed by atoms with Crippen LogP contribution in [0.1, 0.15) is 36.8 Å². The molecule has 2 aromatic carbocycles. The van der Waals surface area contributed by atoms with Crippen molar-refractivity contribution in [2.45, 2.75) is 25.7 Å². The molecule has 2 atom stereocenters. The Balaban J connectivity index is 2.37. The quantitative estimate of drug-likeness (QED) is 0.708. The van der Waals surface area contributed by atoms with Crippen LogP contribution in [0.2, 0.25) is 0 Å². The van der Waals surface area contributed by atoms with E-state index in [1.165, 1.54) is 21.9 Å². The standard InChI is InChI=1S/C16H15N/c1-10(2)15-13-8-4-6-11-5-3-7-12(16(11)13)14(15)9-17/h3-8,10,14-15H,1-2H3/t14-,15?/m1/s1. The highest BCUT2D eigenvalue weighted by Crippen LogP contribution is 2.49. The van der Waals surface area contributed by atoms with Gasteiger partial charge in [-0.1, -0.05) is 50.2 Å². The van der Waals surface area contributed by atoms with Crippen LogP contribution in [0.4, 0.5) is 0 Å². The van der Waals surface area contributed by atoms with Crippen LogP contribution in [0.15, 0.2) is 36.4 Å². The van der Waals surface area contributed by atoms with Crippen molar-refractivity contribution in [3.05, 3.63) is 47.5 Å². The third-order valence-corrected chi connectivity index (χ3v) is 3.88. The highest BCUT2D eigenvalue weighted by Gasteiger charge is 2.35. The minimum atomic E-state index is 0.0242. The number of rotatable bonds is 1. The minimum absolute atomic E-state index is 0.0242. The van der Waals surface area contributed by atoms with Crippen molar-refractivity contribution in [1.82, 2.24) is 0 Å². The van der Waals surface area contributed by atoms with Crippen molar-refractivity contribution >= 4 is 10.8 Å². The maximum Gasteiger partial charge on any atom is 0.0789 e. The molecule has 0 bridgehead atoms. The Hall–Kier alpha value is -1.81. The summed E-state index contributed by atoms with van der Waals surface area (Å²) in [6, 6.07) is 15.3. The molecule has 17 heavy (non-hydrogen) atoms. The van der Waals surface area contributed by atoms with Gasteiger partial charge in [0.15, 0.2) is 0 Å². The van der Waals surface area contributed by atoms with Crippen molar-refractivity contribution in [2.75, 3.05) is 0 Å². The molecule has 0 saturated carbocycles. The fourth-order valence-corrected chi connectivity index (χ4v) is 3.20. The molecule has 0 heterocycles. The molecular weight excluding hydrogens is 206 g/mol. The molecular formula is C16H15N. The van der Waals surface area contributed by atoms with Gasteiger partial charge >= 0.3 is 0 Å². The number of nitriles is 1. The van der Waals surface area contributed by atoms with Gasteiger partial charge in [-0.3, -0.25) is 0 Å². The van der Waals surface area contributed by atoms with E-state index < -0.39 is 0 Å². The average molecular weight is 221 g/mol. The predicted molar refractivity (Wildman–Crippen MR) is 69.9 cm³/mol. The number of hydrogen-bond acceptors (Lipinski definition) is 1. The Kier molecular flexibility index (Phi) is 2.19. The summed E-state index contributed by atoms with van der Waals surface area (Å²) in [6.07, 6.45) is 0. The van der Waals surface area contributed by atoms with Crippen LogP contribution in [-0.2, 0) is 0 Å². The zero-order valence-corrected chi connectivity index (χ0v) is 10.1. The van der Waals surface area contributed by atoms with Gasteiger partial charge in [-0.2, -0.15) is 5.26 Å². The molecule has 0 aromatic heterocycles. The number of nitrogens with zero attached hydrogens (tertiary/aromatic N) is 1. The number of benzene rings is 2. The monoisotopic (exact) mass is 221 g/mol. The van der Waals surface area contributed by atoms with E-state index in [1.807, 2.05) is 0 Å². The third kappa shape index (κ3) is 1.31. The molecule has 1 unspecified atom stereocenters. The van der Waals surface area contributed by atoms with Crippen LogP contribution in [0, 0.1) is 17.2 Å². The molecule has 0 N–H and O–H groups in total. The fourth-order valence-electron chi connectivity index (χ4n) is 3.20. The highest BCUT2D eigenvalue weighted by atomic mass is 14.4. The molecule has 1 aliphatic rings. The van der Waals surface area contributed by atoms with Crippen LogP contribution in [0.3, 0.4) is 0 Å². The lowest BCUT2D eigenvalue weighted by Gasteiger charge is -2.19. The van der Waals surface area contributed by atoms with Gasteiger partial charge in [-0.05, 0) is 27.8 Å². The zero-order chi connectivity index (χ0) is 12.0. The van der Waals surface area contributed by atoms with Crippen molar-refractivity contribution in [3.8, 4) is 6.07 Å². The van der Waals surface area contributed by atoms with Crippen molar-refractivity contribution in [1.29, 1.82) is 5.26 Å². The van der Waals surface area contributed by atoms with Crippen LogP contribution < -0.4 is 0 Å². The number of hydrogen-bond donors (Lipinski definition) is 0. The summed E-state index contributed by atoms with van der Waals surface area (Å²) < 4.78 is 0. The fraction of sp³-hybridized carbons (Fsp3) is 0.312. The molecule has 0 fully saturated rings. The van der Waals surface area contributed by atoms with E-state index in [-0.39, 0.29) is 5.92 Å². The molecule has 1 heteroatoms. The lowest BCUT2D eigenvalue weighted by molar-refractivity contribution is 0.481.